The molecule has 0 aliphatic carbocycles. The number of hydrogen-bond acceptors (Lipinski definition) is 6. The molecule has 7 nitrogen and oxygen atoms in total. The lowest BCUT2D eigenvalue weighted by Crippen LogP contribution is -2.13. The Morgan fingerprint density at radius 1 is 1.32 bits per heavy atom. The lowest BCUT2D eigenvalue weighted by atomic mass is 10.2. The van der Waals surface area contributed by atoms with Crippen LogP contribution in [0, 0.1) is 10.1 Å². The largest absolute Gasteiger partial charge is 0.397 e. The van der Waals surface area contributed by atoms with Crippen LogP contribution in [-0.4, -0.2) is 13.3 Å². The fraction of sp³-hybridized carbons (Fsp3) is 0. The van der Waals surface area contributed by atoms with Gasteiger partial charge in [-0.3, -0.25) is 14.8 Å². The number of nitrogens with one attached hydrogen (secondary N) is 1. The summed E-state index contributed by atoms with van der Waals surface area (Å²) in [5.41, 5.74) is 5.47. The Bertz CT molecular complexity index is 710. The fourth-order valence-electron chi connectivity index (χ4n) is 1.36. The second-order valence-corrected chi connectivity index (χ2v) is 6.42. The minimum atomic E-state index is -3.77. The molecule has 0 spiro atoms. The highest BCUT2D eigenvalue weighted by molar-refractivity contribution is 7.94. The molecular weight excluding hydrogens is 290 g/mol. The van der Waals surface area contributed by atoms with E-state index in [2.05, 4.69) is 4.72 Å². The third-order valence-electron chi connectivity index (χ3n) is 2.25. The summed E-state index contributed by atoms with van der Waals surface area (Å²) in [6.45, 7) is 0. The van der Waals surface area contributed by atoms with Gasteiger partial charge < -0.3 is 5.73 Å². The SMILES string of the molecule is Nc1ccc([N+](=O)[O-])cc1NS(=O)(=O)c1cccs1. The van der Waals surface area contributed by atoms with Crippen molar-refractivity contribution in [1.29, 1.82) is 0 Å². The lowest BCUT2D eigenvalue weighted by molar-refractivity contribution is -0.384. The van der Waals surface area contributed by atoms with Gasteiger partial charge in [0.05, 0.1) is 16.3 Å². The Morgan fingerprint density at radius 2 is 2.05 bits per heavy atom. The molecule has 0 saturated carbocycles. The third kappa shape index (κ3) is 2.83. The maximum Gasteiger partial charge on any atom is 0.271 e. The number of non-ortho nitro benzene ring substituents is 1. The van der Waals surface area contributed by atoms with E-state index in [1.165, 1.54) is 18.2 Å². The van der Waals surface area contributed by atoms with E-state index in [9.17, 15) is 18.5 Å². The number of anilines is 2. The summed E-state index contributed by atoms with van der Waals surface area (Å²) in [4.78, 5) is 10.0. The van der Waals surface area contributed by atoms with Crippen LogP contribution in [0.3, 0.4) is 0 Å². The molecule has 0 atom stereocenters. The highest BCUT2D eigenvalue weighted by Gasteiger charge is 2.18. The van der Waals surface area contributed by atoms with Crippen LogP contribution in [0.25, 0.3) is 0 Å². The van der Waals surface area contributed by atoms with E-state index in [1.54, 1.807) is 11.4 Å². The van der Waals surface area contributed by atoms with Gasteiger partial charge in [-0.15, -0.1) is 11.3 Å². The zero-order valence-corrected chi connectivity index (χ0v) is 11.1. The van der Waals surface area contributed by atoms with Crippen molar-refractivity contribution in [3.05, 3.63) is 45.8 Å². The molecule has 9 heteroatoms. The topological polar surface area (TPSA) is 115 Å². The summed E-state index contributed by atoms with van der Waals surface area (Å²) >= 11 is 1.04. The van der Waals surface area contributed by atoms with Gasteiger partial charge in [0.25, 0.3) is 15.7 Å². The highest BCUT2D eigenvalue weighted by atomic mass is 32.2. The van der Waals surface area contributed by atoms with E-state index in [0.29, 0.717) is 0 Å². The maximum atomic E-state index is 12.0. The minimum absolute atomic E-state index is 0.0115. The quantitative estimate of drug-likeness (QED) is 0.509. The molecule has 0 bridgehead atoms. The highest BCUT2D eigenvalue weighted by Crippen LogP contribution is 2.27. The van der Waals surface area contributed by atoms with Crippen LogP contribution in [0.1, 0.15) is 0 Å². The Morgan fingerprint density at radius 3 is 2.63 bits per heavy atom. The van der Waals surface area contributed by atoms with Crippen molar-refractivity contribution >= 4 is 38.4 Å². The van der Waals surface area contributed by atoms with Crippen molar-refractivity contribution in [1.82, 2.24) is 0 Å². The molecule has 3 N–H and O–H groups in total. The van der Waals surface area contributed by atoms with Gasteiger partial charge in [-0.2, -0.15) is 0 Å². The summed E-state index contributed by atoms with van der Waals surface area (Å²) in [6.07, 6.45) is 0. The molecular formula is C10H9N3O4S2. The Hall–Kier alpha value is -2.13. The van der Waals surface area contributed by atoms with Crippen molar-refractivity contribution in [2.75, 3.05) is 10.5 Å². The van der Waals surface area contributed by atoms with Crippen molar-refractivity contribution in [3.8, 4) is 0 Å². The predicted octanol–water partition coefficient (Wildman–Crippen LogP) is 2.04. The molecule has 0 amide bonds. The van der Waals surface area contributed by atoms with Gasteiger partial charge >= 0.3 is 0 Å². The normalized spacial score (nSPS) is 11.2. The number of nitro groups is 1. The average Bonchev–Trinajstić information content (AvgIpc) is 2.85. The van der Waals surface area contributed by atoms with E-state index >= 15 is 0 Å². The molecule has 1 heterocycles. The van der Waals surface area contributed by atoms with E-state index < -0.39 is 14.9 Å². The number of nitrogen functional groups attached to an aromatic ring is 1. The minimum Gasteiger partial charge on any atom is -0.397 e. The van der Waals surface area contributed by atoms with Crippen LogP contribution in [0.5, 0.6) is 0 Å². The van der Waals surface area contributed by atoms with Gasteiger partial charge in [-0.25, -0.2) is 8.42 Å². The zero-order valence-electron chi connectivity index (χ0n) is 9.44. The number of thiophene rings is 1. The number of nitrogens with two attached hydrogens (primary N) is 1. The van der Waals surface area contributed by atoms with E-state index in [4.69, 9.17) is 5.73 Å². The Kier molecular flexibility index (Phi) is 3.40. The molecule has 2 aromatic rings. The van der Waals surface area contributed by atoms with Gasteiger partial charge in [0, 0.05) is 12.1 Å². The Labute approximate surface area is 112 Å². The molecule has 19 heavy (non-hydrogen) atoms. The molecule has 2 rings (SSSR count). The van der Waals surface area contributed by atoms with E-state index in [0.717, 1.165) is 17.4 Å². The number of benzene rings is 1. The van der Waals surface area contributed by atoms with Crippen molar-refractivity contribution in [2.24, 2.45) is 0 Å². The second-order valence-electron chi connectivity index (χ2n) is 3.57. The number of hydrogen-bond donors (Lipinski definition) is 2. The standard InChI is InChI=1S/C10H9N3O4S2/c11-8-4-3-7(13(14)15)6-9(8)12-19(16,17)10-2-1-5-18-10/h1-6,12H,11H2. The summed E-state index contributed by atoms with van der Waals surface area (Å²) in [7, 11) is -3.77. The molecule has 0 aliphatic heterocycles. The van der Waals surface area contributed by atoms with Crippen LogP contribution in [-0.2, 0) is 10.0 Å². The summed E-state index contributed by atoms with van der Waals surface area (Å²) in [5, 5.41) is 12.3. The molecule has 0 fully saturated rings. The van der Waals surface area contributed by atoms with Gasteiger partial charge in [-0.1, -0.05) is 6.07 Å². The van der Waals surface area contributed by atoms with Crippen molar-refractivity contribution < 1.29 is 13.3 Å². The first-order chi connectivity index (χ1) is 8.90. The van der Waals surface area contributed by atoms with Crippen LogP contribution in [0.2, 0.25) is 0 Å². The van der Waals surface area contributed by atoms with Crippen LogP contribution in [0.15, 0.2) is 39.9 Å². The summed E-state index contributed by atoms with van der Waals surface area (Å²) in [5.74, 6) is 0. The van der Waals surface area contributed by atoms with Gasteiger partial charge in [0.15, 0.2) is 0 Å². The number of rotatable bonds is 4. The molecule has 1 aromatic carbocycles. The molecule has 0 saturated heterocycles. The molecule has 0 aliphatic rings. The maximum absolute atomic E-state index is 12.0. The monoisotopic (exact) mass is 299 g/mol. The average molecular weight is 299 g/mol. The number of nitrogens with zero attached hydrogens (tertiary/aromatic N) is 1. The summed E-state index contributed by atoms with van der Waals surface area (Å²) in [6, 6.07) is 6.60. The first-order valence-electron chi connectivity index (χ1n) is 5.00. The van der Waals surface area contributed by atoms with Crippen LogP contribution < -0.4 is 10.5 Å². The molecule has 0 unspecified atom stereocenters. The van der Waals surface area contributed by atoms with Crippen molar-refractivity contribution in [2.45, 2.75) is 4.21 Å². The number of nitro benzene ring substituents is 1. The summed E-state index contributed by atoms with van der Waals surface area (Å²) < 4.78 is 26.3. The van der Waals surface area contributed by atoms with E-state index in [-0.39, 0.29) is 21.3 Å². The van der Waals surface area contributed by atoms with Gasteiger partial charge in [-0.05, 0) is 17.5 Å². The first-order valence-corrected chi connectivity index (χ1v) is 7.37. The fourth-order valence-corrected chi connectivity index (χ4v) is 3.43. The van der Waals surface area contributed by atoms with Crippen LogP contribution >= 0.6 is 11.3 Å². The van der Waals surface area contributed by atoms with Crippen molar-refractivity contribution in [3.63, 3.8) is 0 Å². The van der Waals surface area contributed by atoms with Crippen LogP contribution in [0.4, 0.5) is 17.1 Å². The first kappa shape index (κ1) is 13.3. The zero-order chi connectivity index (χ0) is 14.0. The smallest absolute Gasteiger partial charge is 0.271 e. The van der Waals surface area contributed by atoms with E-state index in [1.807, 2.05) is 0 Å². The lowest BCUT2D eigenvalue weighted by Gasteiger charge is -2.08. The van der Waals surface area contributed by atoms with Gasteiger partial charge in [0.1, 0.15) is 4.21 Å². The van der Waals surface area contributed by atoms with Gasteiger partial charge in [0.2, 0.25) is 0 Å². The molecule has 0 radical (unpaired) electrons. The number of sulfonamides is 1. The second kappa shape index (κ2) is 4.86. The molecule has 100 valence electrons. The Balaban J connectivity index is 2.39. The molecule has 1 aromatic heterocycles. The predicted molar refractivity (Wildman–Crippen MR) is 72.6 cm³/mol. The third-order valence-corrected chi connectivity index (χ3v) is 5.01.